The van der Waals surface area contributed by atoms with Gasteiger partial charge < -0.3 is 10.6 Å². The van der Waals surface area contributed by atoms with Crippen LogP contribution in [-0.4, -0.2) is 23.6 Å². The second-order valence-corrected chi connectivity index (χ2v) is 5.63. The van der Waals surface area contributed by atoms with Crippen molar-refractivity contribution in [2.75, 3.05) is 17.2 Å². The molecule has 0 aliphatic carbocycles. The van der Waals surface area contributed by atoms with Crippen molar-refractivity contribution in [3.05, 3.63) is 27.8 Å². The number of fused-ring (bicyclic) bond motifs is 1. The Balaban J connectivity index is 2.51. The molecule has 0 saturated carbocycles. The van der Waals surface area contributed by atoms with Gasteiger partial charge in [-0.3, -0.25) is 14.9 Å². The van der Waals surface area contributed by atoms with Crippen molar-refractivity contribution in [3.63, 3.8) is 0 Å². The highest BCUT2D eigenvalue weighted by Crippen LogP contribution is 2.45. The molecule has 0 unspecified atom stereocenters. The maximum absolute atomic E-state index is 12.4. The van der Waals surface area contributed by atoms with Crippen LogP contribution in [0.15, 0.2) is 12.1 Å². The van der Waals surface area contributed by atoms with Crippen LogP contribution in [0.2, 0.25) is 0 Å². The molecule has 1 amide bonds. The number of hydrogen-bond acceptors (Lipinski definition) is 4. The number of benzene rings is 1. The largest absolute Gasteiger partial charge is 0.393 e. The van der Waals surface area contributed by atoms with Gasteiger partial charge in [-0.15, -0.1) is 0 Å². The van der Waals surface area contributed by atoms with Gasteiger partial charge in [-0.05, 0) is 25.5 Å². The third-order valence-electron chi connectivity index (χ3n) is 3.70. The van der Waals surface area contributed by atoms with Gasteiger partial charge in [-0.1, -0.05) is 0 Å². The molecular formula is C13H14F3N3O3. The Kier molecular flexibility index (Phi) is 3.54. The summed E-state index contributed by atoms with van der Waals surface area (Å²) in [4.78, 5) is 23.5. The number of alkyl halides is 3. The van der Waals surface area contributed by atoms with Gasteiger partial charge in [0.2, 0.25) is 5.91 Å². The van der Waals surface area contributed by atoms with Crippen LogP contribution >= 0.6 is 0 Å². The SMILES string of the molecule is CC1(C)C(=O)N(CCC(F)(F)F)c2cc([N+](=O)[O-])c(N)cc21. The van der Waals surface area contributed by atoms with Crippen molar-refractivity contribution in [1.29, 1.82) is 0 Å². The van der Waals surface area contributed by atoms with E-state index < -0.39 is 41.1 Å². The molecule has 9 heteroatoms. The Labute approximate surface area is 123 Å². The molecule has 0 fully saturated rings. The van der Waals surface area contributed by atoms with E-state index in [0.29, 0.717) is 5.56 Å². The third-order valence-corrected chi connectivity index (χ3v) is 3.70. The van der Waals surface area contributed by atoms with E-state index in [1.807, 2.05) is 0 Å². The molecule has 0 radical (unpaired) electrons. The number of nitrogen functional groups attached to an aromatic ring is 1. The Bertz CT molecular complexity index is 656. The molecule has 0 saturated heterocycles. The fourth-order valence-electron chi connectivity index (χ4n) is 2.50. The van der Waals surface area contributed by atoms with Gasteiger partial charge in [-0.25, -0.2) is 0 Å². The van der Waals surface area contributed by atoms with E-state index in [1.54, 1.807) is 13.8 Å². The number of rotatable bonds is 3. The lowest BCUT2D eigenvalue weighted by molar-refractivity contribution is -0.383. The molecule has 1 aromatic carbocycles. The molecule has 2 N–H and O–H groups in total. The zero-order chi connectivity index (χ0) is 16.9. The average Bonchev–Trinajstić information content (AvgIpc) is 2.54. The van der Waals surface area contributed by atoms with Crippen LogP contribution in [0.1, 0.15) is 25.8 Å². The Morgan fingerprint density at radius 2 is 1.95 bits per heavy atom. The Morgan fingerprint density at radius 3 is 2.45 bits per heavy atom. The minimum Gasteiger partial charge on any atom is -0.393 e. The fraction of sp³-hybridized carbons (Fsp3) is 0.462. The van der Waals surface area contributed by atoms with Crippen LogP contribution in [0.5, 0.6) is 0 Å². The molecule has 120 valence electrons. The van der Waals surface area contributed by atoms with Crippen LogP contribution in [0.3, 0.4) is 0 Å². The fourth-order valence-corrected chi connectivity index (χ4v) is 2.50. The van der Waals surface area contributed by atoms with E-state index in [2.05, 4.69) is 0 Å². The van der Waals surface area contributed by atoms with E-state index in [0.717, 1.165) is 11.0 Å². The van der Waals surface area contributed by atoms with E-state index in [4.69, 9.17) is 5.73 Å². The van der Waals surface area contributed by atoms with Gasteiger partial charge in [-0.2, -0.15) is 13.2 Å². The van der Waals surface area contributed by atoms with E-state index >= 15 is 0 Å². The molecule has 6 nitrogen and oxygen atoms in total. The summed E-state index contributed by atoms with van der Waals surface area (Å²) in [7, 11) is 0. The van der Waals surface area contributed by atoms with Gasteiger partial charge in [0.25, 0.3) is 5.69 Å². The highest BCUT2D eigenvalue weighted by Gasteiger charge is 2.46. The second-order valence-electron chi connectivity index (χ2n) is 5.63. The summed E-state index contributed by atoms with van der Waals surface area (Å²) in [5.41, 5.74) is 4.47. The number of hydrogen-bond donors (Lipinski definition) is 1. The number of nitrogens with two attached hydrogens (primary N) is 1. The van der Waals surface area contributed by atoms with Gasteiger partial charge in [0, 0.05) is 12.6 Å². The van der Waals surface area contributed by atoms with E-state index in [-0.39, 0.29) is 11.4 Å². The minimum atomic E-state index is -4.42. The Hall–Kier alpha value is -2.32. The zero-order valence-electron chi connectivity index (χ0n) is 11.9. The number of nitro benzene ring substituents is 1. The first kappa shape index (κ1) is 16.1. The molecule has 22 heavy (non-hydrogen) atoms. The van der Waals surface area contributed by atoms with Crippen molar-refractivity contribution in [3.8, 4) is 0 Å². The number of nitrogens with zero attached hydrogens (tertiary/aromatic N) is 2. The number of nitro groups is 1. The smallest absolute Gasteiger partial charge is 0.390 e. The van der Waals surface area contributed by atoms with Gasteiger partial charge in [0.1, 0.15) is 5.69 Å². The normalized spacial score (nSPS) is 16.8. The molecule has 0 aromatic heterocycles. The molecule has 0 spiro atoms. The summed E-state index contributed by atoms with van der Waals surface area (Å²) in [5, 5.41) is 10.9. The summed E-state index contributed by atoms with van der Waals surface area (Å²) in [5.74, 6) is -0.536. The van der Waals surface area contributed by atoms with E-state index in [9.17, 15) is 28.1 Å². The molecule has 1 aliphatic rings. The van der Waals surface area contributed by atoms with Gasteiger partial charge >= 0.3 is 6.18 Å². The maximum Gasteiger partial charge on any atom is 0.390 e. The second kappa shape index (κ2) is 4.85. The summed E-state index contributed by atoms with van der Waals surface area (Å²) in [6, 6.07) is 2.35. The van der Waals surface area contributed by atoms with Crippen molar-refractivity contribution in [1.82, 2.24) is 0 Å². The first-order valence-electron chi connectivity index (χ1n) is 6.42. The molecular weight excluding hydrogens is 303 g/mol. The topological polar surface area (TPSA) is 89.5 Å². The third kappa shape index (κ3) is 2.58. The van der Waals surface area contributed by atoms with Gasteiger partial charge in [0.05, 0.1) is 22.4 Å². The molecule has 0 bridgehead atoms. The summed E-state index contributed by atoms with van der Waals surface area (Å²) >= 11 is 0. The van der Waals surface area contributed by atoms with Crippen LogP contribution in [-0.2, 0) is 10.2 Å². The highest BCUT2D eigenvalue weighted by atomic mass is 19.4. The lowest BCUT2D eigenvalue weighted by Crippen LogP contribution is -2.38. The summed E-state index contributed by atoms with van der Waals surface area (Å²) < 4.78 is 37.2. The first-order valence-corrected chi connectivity index (χ1v) is 6.42. The molecule has 1 aliphatic heterocycles. The lowest BCUT2D eigenvalue weighted by atomic mass is 9.86. The summed E-state index contributed by atoms with van der Waals surface area (Å²) in [6.07, 6.45) is -5.61. The van der Waals surface area contributed by atoms with Crippen molar-refractivity contribution in [2.45, 2.75) is 31.9 Å². The monoisotopic (exact) mass is 317 g/mol. The molecule has 0 atom stereocenters. The van der Waals surface area contributed by atoms with Crippen molar-refractivity contribution in [2.24, 2.45) is 0 Å². The predicted octanol–water partition coefficient (Wildman–Crippen LogP) is 2.75. The number of carbonyl (C=O) groups excluding carboxylic acids is 1. The van der Waals surface area contributed by atoms with Crippen LogP contribution in [0, 0.1) is 10.1 Å². The molecule has 2 rings (SSSR count). The van der Waals surface area contributed by atoms with Crippen LogP contribution < -0.4 is 10.6 Å². The van der Waals surface area contributed by atoms with Crippen LogP contribution in [0.4, 0.5) is 30.2 Å². The minimum absolute atomic E-state index is 0.111. The first-order chi connectivity index (χ1) is 9.95. The highest BCUT2D eigenvalue weighted by molar-refractivity contribution is 6.08. The molecule has 1 aromatic rings. The zero-order valence-corrected chi connectivity index (χ0v) is 11.9. The van der Waals surface area contributed by atoms with Crippen molar-refractivity contribution >= 4 is 23.0 Å². The van der Waals surface area contributed by atoms with Gasteiger partial charge in [0.15, 0.2) is 0 Å². The Morgan fingerprint density at radius 1 is 1.36 bits per heavy atom. The summed E-state index contributed by atoms with van der Waals surface area (Å²) in [6.45, 7) is 2.51. The standard InChI is InChI=1S/C13H14F3N3O3/c1-12(2)7-5-8(17)10(19(21)22)6-9(7)18(11(12)20)4-3-13(14,15)16/h5-6H,3-4,17H2,1-2H3. The van der Waals surface area contributed by atoms with E-state index in [1.165, 1.54) is 6.07 Å². The maximum atomic E-state index is 12.4. The quantitative estimate of drug-likeness (QED) is 0.527. The average molecular weight is 317 g/mol. The number of halogens is 3. The van der Waals surface area contributed by atoms with Crippen molar-refractivity contribution < 1.29 is 22.9 Å². The molecule has 1 heterocycles. The number of anilines is 2. The van der Waals surface area contributed by atoms with Crippen LogP contribution in [0.25, 0.3) is 0 Å². The predicted molar refractivity (Wildman–Crippen MR) is 73.6 cm³/mol. The number of carbonyl (C=O) groups is 1. The lowest BCUT2D eigenvalue weighted by Gasteiger charge is -2.20. The number of amides is 1.